The zero-order valence-corrected chi connectivity index (χ0v) is 17.4. The second-order valence-electron chi connectivity index (χ2n) is 6.69. The lowest BCUT2D eigenvalue weighted by Gasteiger charge is -2.44. The van der Waals surface area contributed by atoms with Gasteiger partial charge in [0, 0.05) is 22.5 Å². The minimum absolute atomic E-state index is 0.238. The lowest BCUT2D eigenvalue weighted by Crippen LogP contribution is -2.57. The van der Waals surface area contributed by atoms with Crippen molar-refractivity contribution in [3.63, 3.8) is 0 Å². The largest absolute Gasteiger partial charge is 0.467 e. The van der Waals surface area contributed by atoms with E-state index in [1.54, 1.807) is 37.3 Å². The van der Waals surface area contributed by atoms with Crippen LogP contribution in [-0.4, -0.2) is 23.2 Å². The fourth-order valence-corrected chi connectivity index (χ4v) is 3.55. The highest BCUT2D eigenvalue weighted by atomic mass is 35.5. The maximum absolute atomic E-state index is 13.0. The first-order valence-electron chi connectivity index (χ1n) is 8.83. The molecule has 0 saturated carbocycles. The van der Waals surface area contributed by atoms with Crippen molar-refractivity contribution in [2.75, 3.05) is 12.4 Å². The molecule has 0 spiro atoms. The number of hydrogen-bond donors (Lipinski definition) is 2. The Morgan fingerprint density at radius 3 is 2.21 bits per heavy atom. The molecule has 3 aromatic rings. The van der Waals surface area contributed by atoms with E-state index >= 15 is 0 Å². The van der Waals surface area contributed by atoms with Crippen LogP contribution < -0.4 is 5.32 Å². The van der Waals surface area contributed by atoms with Gasteiger partial charge >= 0.3 is 5.97 Å². The minimum atomic E-state index is -2.12. The quantitative estimate of drug-likeness (QED) is 0.434. The number of nitrogens with zero attached hydrogens (tertiary/aromatic N) is 1. The van der Waals surface area contributed by atoms with Gasteiger partial charge in [0.05, 0.1) is 7.11 Å². The smallest absolute Gasteiger partial charge is 0.345 e. The van der Waals surface area contributed by atoms with E-state index < -0.39 is 17.1 Å². The van der Waals surface area contributed by atoms with Crippen molar-refractivity contribution in [1.82, 2.24) is 4.98 Å². The van der Waals surface area contributed by atoms with Crippen molar-refractivity contribution in [2.24, 2.45) is 0 Å². The summed E-state index contributed by atoms with van der Waals surface area (Å²) >= 11 is 11.9. The van der Waals surface area contributed by atoms with Crippen LogP contribution in [0.1, 0.15) is 18.1 Å². The number of rotatable bonds is 6. The third-order valence-corrected chi connectivity index (χ3v) is 5.41. The van der Waals surface area contributed by atoms with Crippen molar-refractivity contribution in [2.45, 2.75) is 18.1 Å². The molecule has 3 rings (SSSR count). The Morgan fingerprint density at radius 1 is 1.00 bits per heavy atom. The second kappa shape index (κ2) is 8.41. The van der Waals surface area contributed by atoms with E-state index in [9.17, 15) is 9.90 Å². The SMILES string of the molecule is COC(=O)[C@](O)(c1ccc(Cl)nc1)[C@@](C)(Nc1ccc(Cl)cc1)c1ccccc1. The average Bonchev–Trinajstić information content (AvgIpc) is 2.75. The van der Waals surface area contributed by atoms with Crippen molar-refractivity contribution in [3.8, 4) is 0 Å². The fourth-order valence-electron chi connectivity index (χ4n) is 3.31. The Labute approximate surface area is 179 Å². The Morgan fingerprint density at radius 2 is 1.66 bits per heavy atom. The molecule has 0 saturated heterocycles. The van der Waals surface area contributed by atoms with Crippen LogP contribution in [0.5, 0.6) is 0 Å². The van der Waals surface area contributed by atoms with E-state index in [-0.39, 0.29) is 10.7 Å². The second-order valence-corrected chi connectivity index (χ2v) is 7.52. The van der Waals surface area contributed by atoms with Gasteiger partial charge in [-0.05, 0) is 42.8 Å². The molecule has 0 bridgehead atoms. The first-order chi connectivity index (χ1) is 13.8. The monoisotopic (exact) mass is 430 g/mol. The van der Waals surface area contributed by atoms with Gasteiger partial charge in [0.2, 0.25) is 5.60 Å². The van der Waals surface area contributed by atoms with Crippen LogP contribution in [0.25, 0.3) is 0 Å². The highest BCUT2D eigenvalue weighted by molar-refractivity contribution is 6.30. The Balaban J connectivity index is 2.24. The van der Waals surface area contributed by atoms with Crippen LogP contribution in [-0.2, 0) is 20.7 Å². The summed E-state index contributed by atoms with van der Waals surface area (Å²) in [4.78, 5) is 17.0. The zero-order valence-electron chi connectivity index (χ0n) is 15.9. The lowest BCUT2D eigenvalue weighted by molar-refractivity contribution is -0.171. The minimum Gasteiger partial charge on any atom is -0.467 e. The van der Waals surface area contributed by atoms with Gasteiger partial charge in [0.25, 0.3) is 0 Å². The number of benzene rings is 2. The van der Waals surface area contributed by atoms with Gasteiger partial charge in [-0.15, -0.1) is 0 Å². The molecule has 1 heterocycles. The molecule has 0 aliphatic heterocycles. The molecular formula is C22H20Cl2N2O3. The molecule has 5 nitrogen and oxygen atoms in total. The Kier molecular flexibility index (Phi) is 6.13. The van der Waals surface area contributed by atoms with Gasteiger partial charge in [0.15, 0.2) is 0 Å². The van der Waals surface area contributed by atoms with Crippen molar-refractivity contribution >= 4 is 34.9 Å². The van der Waals surface area contributed by atoms with Gasteiger partial charge in [-0.3, -0.25) is 0 Å². The molecular weight excluding hydrogens is 411 g/mol. The topological polar surface area (TPSA) is 71.5 Å². The summed E-state index contributed by atoms with van der Waals surface area (Å²) in [5.74, 6) is -0.838. The predicted molar refractivity (Wildman–Crippen MR) is 114 cm³/mol. The number of hydrogen-bond acceptors (Lipinski definition) is 5. The third-order valence-electron chi connectivity index (χ3n) is 4.94. The number of anilines is 1. The normalized spacial score (nSPS) is 15.1. The molecule has 29 heavy (non-hydrogen) atoms. The van der Waals surface area contributed by atoms with E-state index in [2.05, 4.69) is 10.3 Å². The number of halogens is 2. The summed E-state index contributed by atoms with van der Waals surface area (Å²) < 4.78 is 5.01. The Hall–Kier alpha value is -2.60. The number of ether oxygens (including phenoxy) is 1. The highest BCUT2D eigenvalue weighted by Crippen LogP contribution is 2.44. The average molecular weight is 431 g/mol. The van der Waals surface area contributed by atoms with Gasteiger partial charge in [-0.1, -0.05) is 59.6 Å². The van der Waals surface area contributed by atoms with Crippen LogP contribution in [0.2, 0.25) is 10.2 Å². The number of methoxy groups -OCH3 is 1. The van der Waals surface area contributed by atoms with Crippen molar-refractivity contribution in [1.29, 1.82) is 0 Å². The number of aromatic nitrogens is 1. The number of pyridine rings is 1. The van der Waals surface area contributed by atoms with E-state index in [0.717, 1.165) is 0 Å². The van der Waals surface area contributed by atoms with Gasteiger partial charge in [-0.2, -0.15) is 0 Å². The molecule has 0 amide bonds. The third kappa shape index (κ3) is 3.94. The van der Waals surface area contributed by atoms with E-state index in [1.165, 1.54) is 19.4 Å². The summed E-state index contributed by atoms with van der Waals surface area (Å²) in [6.07, 6.45) is 1.37. The number of nitrogens with one attached hydrogen (secondary N) is 1. The molecule has 0 radical (unpaired) electrons. The fraction of sp³-hybridized carbons (Fsp3) is 0.182. The highest BCUT2D eigenvalue weighted by Gasteiger charge is 2.56. The van der Waals surface area contributed by atoms with E-state index in [4.69, 9.17) is 27.9 Å². The summed E-state index contributed by atoms with van der Waals surface area (Å²) in [5.41, 5.74) is -1.89. The summed E-state index contributed by atoms with van der Waals surface area (Å²) in [6, 6.07) is 19.2. The van der Waals surface area contributed by atoms with Gasteiger partial charge in [-0.25, -0.2) is 9.78 Å². The first-order valence-corrected chi connectivity index (χ1v) is 9.59. The van der Waals surface area contributed by atoms with Crippen LogP contribution in [0.4, 0.5) is 5.69 Å². The molecule has 7 heteroatoms. The zero-order chi connectivity index (χ0) is 21.1. The molecule has 0 unspecified atom stereocenters. The van der Waals surface area contributed by atoms with Gasteiger partial charge in [0.1, 0.15) is 10.7 Å². The maximum atomic E-state index is 13.0. The number of carbonyl (C=O) groups excluding carboxylic acids is 1. The standard InChI is InChI=1S/C22H20Cl2N2O3/c1-21(15-6-4-3-5-7-15,26-18-11-9-17(23)10-12-18)22(28,20(27)29-2)16-8-13-19(24)25-14-16/h3-14,26,28H,1-2H3/t21-,22+/m0/s1. The summed E-state index contributed by atoms with van der Waals surface area (Å²) in [6.45, 7) is 1.72. The molecule has 0 fully saturated rings. The molecule has 1 aromatic heterocycles. The lowest BCUT2D eigenvalue weighted by atomic mass is 9.72. The Bertz CT molecular complexity index is 981. The predicted octanol–water partition coefficient (Wildman–Crippen LogP) is 4.78. The molecule has 2 N–H and O–H groups in total. The van der Waals surface area contributed by atoms with Gasteiger partial charge < -0.3 is 15.2 Å². The van der Waals surface area contributed by atoms with Crippen LogP contribution in [0.3, 0.4) is 0 Å². The van der Waals surface area contributed by atoms with E-state index in [0.29, 0.717) is 16.3 Å². The molecule has 0 aliphatic carbocycles. The summed E-state index contributed by atoms with van der Waals surface area (Å²) in [5, 5.41) is 16.0. The van der Waals surface area contributed by atoms with Crippen molar-refractivity contribution < 1.29 is 14.6 Å². The molecule has 2 aromatic carbocycles. The maximum Gasteiger partial charge on any atom is 0.345 e. The van der Waals surface area contributed by atoms with E-state index in [1.807, 2.05) is 30.3 Å². The van der Waals surface area contributed by atoms with Crippen LogP contribution in [0, 0.1) is 0 Å². The van der Waals surface area contributed by atoms with Crippen LogP contribution >= 0.6 is 23.2 Å². The van der Waals surface area contributed by atoms with Crippen molar-refractivity contribution in [3.05, 3.63) is 94.2 Å². The molecule has 0 aliphatic rings. The van der Waals surface area contributed by atoms with Crippen LogP contribution in [0.15, 0.2) is 72.9 Å². The number of carbonyl (C=O) groups is 1. The molecule has 2 atom stereocenters. The molecule has 150 valence electrons. The number of esters is 1. The first kappa shape index (κ1) is 21.1. The number of aliphatic hydroxyl groups is 1. The summed E-state index contributed by atoms with van der Waals surface area (Å²) in [7, 11) is 1.23.